The van der Waals surface area contributed by atoms with Crippen LogP contribution >= 0.6 is 12.6 Å². The van der Waals surface area contributed by atoms with E-state index in [1.165, 1.54) is 6.92 Å². The lowest BCUT2D eigenvalue weighted by Gasteiger charge is -2.20. The molecule has 3 atom stereocenters. The maximum absolute atomic E-state index is 12.3. The van der Waals surface area contributed by atoms with Crippen LogP contribution in [0, 0.1) is 0 Å². The van der Waals surface area contributed by atoms with Crippen molar-refractivity contribution in [1.29, 1.82) is 0 Å². The third kappa shape index (κ3) is 10.9. The Balaban J connectivity index is 4.74. The first-order valence-corrected chi connectivity index (χ1v) is 8.73. The van der Waals surface area contributed by atoms with E-state index in [0.717, 1.165) is 0 Å². The topological polar surface area (TPSA) is 215 Å². The number of hydrogen-bond donors (Lipinski definition) is 8. The van der Waals surface area contributed by atoms with Gasteiger partial charge >= 0.3 is 5.97 Å². The van der Waals surface area contributed by atoms with Crippen LogP contribution in [0.1, 0.15) is 19.8 Å². The number of amides is 3. The lowest BCUT2D eigenvalue weighted by Crippen LogP contribution is -2.53. The van der Waals surface area contributed by atoms with E-state index in [2.05, 4.69) is 33.6 Å². The van der Waals surface area contributed by atoms with Gasteiger partial charge in [-0.25, -0.2) is 0 Å². The fraction of sp³-hybridized carbons (Fsp3) is 0.643. The van der Waals surface area contributed by atoms with Crippen molar-refractivity contribution in [3.05, 3.63) is 0 Å². The summed E-state index contributed by atoms with van der Waals surface area (Å²) in [6, 6.07) is -2.97. The van der Waals surface area contributed by atoms with Gasteiger partial charge in [-0.05, 0) is 19.8 Å². The van der Waals surface area contributed by atoms with Crippen LogP contribution in [-0.4, -0.2) is 71.7 Å². The summed E-state index contributed by atoms with van der Waals surface area (Å²) in [6.07, 6.45) is 0.579. The van der Waals surface area contributed by atoms with Gasteiger partial charge in [-0.1, -0.05) is 0 Å². The Hall–Kier alpha value is -2.54. The molecule has 0 radical (unpaired) electrons. The molecule has 0 aromatic heterocycles. The molecule has 0 aliphatic rings. The molecule has 0 bridgehead atoms. The Morgan fingerprint density at radius 3 is 2.30 bits per heavy atom. The average molecular weight is 405 g/mol. The van der Waals surface area contributed by atoms with Crippen molar-refractivity contribution in [2.45, 2.75) is 37.9 Å². The van der Waals surface area contributed by atoms with Gasteiger partial charge in [0.2, 0.25) is 17.7 Å². The molecule has 12 nitrogen and oxygen atoms in total. The fourth-order valence-corrected chi connectivity index (χ4v) is 1.94. The van der Waals surface area contributed by atoms with Crippen LogP contribution in [0.4, 0.5) is 0 Å². The quantitative estimate of drug-likeness (QED) is 0.0703. The van der Waals surface area contributed by atoms with Gasteiger partial charge in [-0.15, -0.1) is 0 Å². The summed E-state index contributed by atoms with van der Waals surface area (Å²) in [5.74, 6) is -3.10. The SMILES string of the molecule is CC(NC(=O)CNC(=O)C(CCCN=C(N)N)NC(=O)C(N)CS)C(=O)O. The number of thiol groups is 1. The summed E-state index contributed by atoms with van der Waals surface area (Å²) in [6.45, 7) is 1.08. The highest BCUT2D eigenvalue weighted by atomic mass is 32.1. The molecule has 3 unspecified atom stereocenters. The van der Waals surface area contributed by atoms with Crippen molar-refractivity contribution >= 4 is 42.3 Å². The van der Waals surface area contributed by atoms with E-state index < -0.39 is 48.4 Å². The molecule has 27 heavy (non-hydrogen) atoms. The van der Waals surface area contributed by atoms with E-state index in [4.69, 9.17) is 22.3 Å². The molecule has 0 aromatic carbocycles. The van der Waals surface area contributed by atoms with E-state index >= 15 is 0 Å². The zero-order valence-corrected chi connectivity index (χ0v) is 15.9. The molecule has 0 aromatic rings. The molecule has 13 heteroatoms. The van der Waals surface area contributed by atoms with Crippen LogP contribution < -0.4 is 33.2 Å². The summed E-state index contributed by atoms with van der Waals surface area (Å²) >= 11 is 3.92. The van der Waals surface area contributed by atoms with Gasteiger partial charge in [0.15, 0.2) is 5.96 Å². The molecule has 0 aliphatic carbocycles. The van der Waals surface area contributed by atoms with Gasteiger partial charge in [-0.3, -0.25) is 24.2 Å². The molecule has 0 aliphatic heterocycles. The second kappa shape index (κ2) is 12.8. The van der Waals surface area contributed by atoms with Crippen molar-refractivity contribution in [2.75, 3.05) is 18.8 Å². The number of carboxylic acids is 1. The number of aliphatic carboxylic acids is 1. The Morgan fingerprint density at radius 2 is 1.78 bits per heavy atom. The molecular formula is C14H27N7O5S. The normalized spacial score (nSPS) is 13.6. The minimum absolute atomic E-state index is 0.0870. The van der Waals surface area contributed by atoms with Gasteiger partial charge in [-0.2, -0.15) is 12.6 Å². The Kier molecular flexibility index (Phi) is 11.6. The van der Waals surface area contributed by atoms with Gasteiger partial charge in [0.1, 0.15) is 12.1 Å². The Labute approximate surface area is 162 Å². The number of nitrogens with two attached hydrogens (primary N) is 3. The number of guanidine groups is 1. The minimum atomic E-state index is -1.21. The van der Waals surface area contributed by atoms with Crippen LogP contribution in [0.25, 0.3) is 0 Å². The second-order valence-electron chi connectivity index (χ2n) is 5.64. The fourth-order valence-electron chi connectivity index (χ4n) is 1.78. The van der Waals surface area contributed by atoms with E-state index in [-0.39, 0.29) is 24.7 Å². The first-order valence-electron chi connectivity index (χ1n) is 8.10. The molecule has 0 saturated heterocycles. The van der Waals surface area contributed by atoms with Crippen LogP contribution in [0.5, 0.6) is 0 Å². The number of rotatable bonds is 12. The highest BCUT2D eigenvalue weighted by molar-refractivity contribution is 7.80. The molecule has 0 rings (SSSR count). The lowest BCUT2D eigenvalue weighted by molar-refractivity contribution is -0.141. The molecule has 0 fully saturated rings. The summed E-state index contributed by atoms with van der Waals surface area (Å²) in [7, 11) is 0. The zero-order valence-electron chi connectivity index (χ0n) is 15.0. The molecule has 0 heterocycles. The minimum Gasteiger partial charge on any atom is -0.480 e. The number of aliphatic imine (C=N–C) groups is 1. The Morgan fingerprint density at radius 1 is 1.15 bits per heavy atom. The number of carbonyl (C=O) groups is 4. The second-order valence-corrected chi connectivity index (χ2v) is 6.01. The first kappa shape index (κ1) is 24.5. The van der Waals surface area contributed by atoms with Crippen molar-refractivity contribution in [3.8, 4) is 0 Å². The third-order valence-electron chi connectivity index (χ3n) is 3.28. The molecule has 3 amide bonds. The van der Waals surface area contributed by atoms with Crippen molar-refractivity contribution < 1.29 is 24.3 Å². The van der Waals surface area contributed by atoms with E-state index in [9.17, 15) is 19.2 Å². The maximum Gasteiger partial charge on any atom is 0.325 e. The predicted molar refractivity (Wildman–Crippen MR) is 102 cm³/mol. The number of carbonyl (C=O) groups excluding carboxylic acids is 3. The van der Waals surface area contributed by atoms with E-state index in [1.807, 2.05) is 0 Å². The molecular weight excluding hydrogens is 378 g/mol. The van der Waals surface area contributed by atoms with Crippen LogP contribution in [-0.2, 0) is 19.2 Å². The van der Waals surface area contributed by atoms with Gasteiger partial charge in [0.05, 0.1) is 12.6 Å². The summed E-state index contributed by atoms with van der Waals surface area (Å²) in [4.78, 5) is 50.3. The van der Waals surface area contributed by atoms with Gasteiger partial charge < -0.3 is 38.3 Å². The average Bonchev–Trinajstić information content (AvgIpc) is 2.60. The molecule has 154 valence electrons. The van der Waals surface area contributed by atoms with Crippen LogP contribution in [0.3, 0.4) is 0 Å². The maximum atomic E-state index is 12.3. The zero-order chi connectivity index (χ0) is 21.0. The summed E-state index contributed by atoms with van der Waals surface area (Å²) in [5, 5.41) is 15.7. The highest BCUT2D eigenvalue weighted by Crippen LogP contribution is 2.00. The van der Waals surface area contributed by atoms with E-state index in [0.29, 0.717) is 6.42 Å². The van der Waals surface area contributed by atoms with Crippen molar-refractivity contribution in [1.82, 2.24) is 16.0 Å². The molecule has 10 N–H and O–H groups in total. The summed E-state index contributed by atoms with van der Waals surface area (Å²) in [5.41, 5.74) is 16.0. The van der Waals surface area contributed by atoms with E-state index in [1.54, 1.807) is 0 Å². The largest absolute Gasteiger partial charge is 0.480 e. The number of nitrogens with one attached hydrogen (secondary N) is 3. The monoisotopic (exact) mass is 405 g/mol. The Bertz CT molecular complexity index is 568. The van der Waals surface area contributed by atoms with Gasteiger partial charge in [0, 0.05) is 12.3 Å². The third-order valence-corrected chi connectivity index (χ3v) is 3.68. The number of carboxylic acid groups (broad SMARTS) is 1. The van der Waals surface area contributed by atoms with Crippen LogP contribution in [0.15, 0.2) is 4.99 Å². The predicted octanol–water partition coefficient (Wildman–Crippen LogP) is -3.51. The van der Waals surface area contributed by atoms with Crippen molar-refractivity contribution in [2.24, 2.45) is 22.2 Å². The lowest BCUT2D eigenvalue weighted by atomic mass is 10.1. The van der Waals surface area contributed by atoms with Crippen LogP contribution in [0.2, 0.25) is 0 Å². The molecule has 0 spiro atoms. The van der Waals surface area contributed by atoms with Crippen molar-refractivity contribution in [3.63, 3.8) is 0 Å². The van der Waals surface area contributed by atoms with Gasteiger partial charge in [0.25, 0.3) is 0 Å². The molecule has 0 saturated carbocycles. The number of hydrogen-bond acceptors (Lipinski definition) is 7. The number of nitrogens with zero attached hydrogens (tertiary/aromatic N) is 1. The smallest absolute Gasteiger partial charge is 0.325 e. The highest BCUT2D eigenvalue weighted by Gasteiger charge is 2.23. The summed E-state index contributed by atoms with van der Waals surface area (Å²) < 4.78 is 0. The first-order chi connectivity index (χ1) is 12.6. The standard InChI is InChI=1S/C14H27N7O5S/c1-7(13(25)26)20-10(22)5-19-12(24)9(3-2-4-18-14(16)17)21-11(23)8(15)6-27/h7-9,27H,2-6,15H2,1H3,(H,19,24)(H,20,22)(H,21,23)(H,25,26)(H4,16,17,18).